The molecule has 0 aromatic rings. The van der Waals surface area contributed by atoms with Gasteiger partial charge >= 0.3 is 0 Å². The Balaban J connectivity index is 1.82. The summed E-state index contributed by atoms with van der Waals surface area (Å²) < 4.78 is 0.700. The second-order valence-electron chi connectivity index (χ2n) is 3.20. The third-order valence-corrected chi connectivity index (χ3v) is 7.09. The molecule has 2 rings (SSSR count). The monoisotopic (exact) mass is 252 g/mol. The molecule has 64 valence electrons. The third kappa shape index (κ3) is 1.75. The molecule has 0 amide bonds. The van der Waals surface area contributed by atoms with Crippen LogP contribution in [0.4, 0.5) is 0 Å². The molecule has 11 heavy (non-hydrogen) atoms. The van der Waals surface area contributed by atoms with E-state index in [9.17, 15) is 0 Å². The van der Waals surface area contributed by atoms with Crippen molar-refractivity contribution in [2.75, 3.05) is 11.1 Å². The molecule has 2 atom stereocenters. The maximum Gasteiger partial charge on any atom is 0.0733 e. The number of rotatable bonds is 3. The van der Waals surface area contributed by atoms with Gasteiger partial charge in [-0.15, -0.1) is 23.5 Å². The van der Waals surface area contributed by atoms with Gasteiger partial charge in [0.15, 0.2) is 0 Å². The number of halogens is 1. The normalized spacial score (nSPS) is 41.7. The van der Waals surface area contributed by atoms with Crippen molar-refractivity contribution in [1.29, 1.82) is 0 Å². The fraction of sp³-hybridized carbons (Fsp3) is 1.00. The zero-order valence-corrected chi connectivity index (χ0v) is 9.73. The van der Waals surface area contributed by atoms with Crippen LogP contribution in [0.5, 0.6) is 0 Å². The van der Waals surface area contributed by atoms with Gasteiger partial charge in [0.05, 0.1) is 4.08 Å². The second kappa shape index (κ2) is 3.51. The highest BCUT2D eigenvalue weighted by Gasteiger charge is 2.56. The molecular weight excluding hydrogens is 240 g/mol. The Labute approximate surface area is 85.4 Å². The lowest BCUT2D eigenvalue weighted by Crippen LogP contribution is -2.15. The fourth-order valence-electron chi connectivity index (χ4n) is 1.82. The lowest BCUT2D eigenvalue weighted by Gasteiger charge is -2.18. The average molecular weight is 253 g/mol. The highest BCUT2D eigenvalue weighted by atomic mass is 79.9. The first-order chi connectivity index (χ1) is 5.37. The van der Waals surface area contributed by atoms with Gasteiger partial charge in [-0.2, -0.15) is 0 Å². The summed E-state index contributed by atoms with van der Waals surface area (Å²) in [5.41, 5.74) is 0. The minimum atomic E-state index is 0.700. The van der Waals surface area contributed by atoms with Crippen molar-refractivity contribution in [1.82, 2.24) is 0 Å². The molecule has 1 saturated heterocycles. The van der Waals surface area contributed by atoms with Crippen LogP contribution in [0.1, 0.15) is 25.7 Å². The highest BCUT2D eigenvalue weighted by Crippen LogP contribution is 2.67. The molecule has 2 unspecified atom stereocenters. The Bertz CT molecular complexity index is 151. The van der Waals surface area contributed by atoms with Gasteiger partial charge < -0.3 is 0 Å². The predicted octanol–water partition coefficient (Wildman–Crippen LogP) is 3.50. The summed E-state index contributed by atoms with van der Waals surface area (Å²) in [5.74, 6) is 1.30. The van der Waals surface area contributed by atoms with Gasteiger partial charge in [0.25, 0.3) is 0 Å². The lowest BCUT2D eigenvalue weighted by molar-refractivity contribution is 0.549. The molecule has 0 N–H and O–H groups in total. The van der Waals surface area contributed by atoms with Crippen molar-refractivity contribution in [3.05, 3.63) is 0 Å². The van der Waals surface area contributed by atoms with Crippen molar-refractivity contribution in [3.63, 3.8) is 0 Å². The van der Waals surface area contributed by atoms with Crippen LogP contribution in [0.3, 0.4) is 0 Å². The maximum atomic E-state index is 3.49. The number of fused-ring (bicyclic) bond motifs is 1. The van der Waals surface area contributed by atoms with E-state index in [2.05, 4.69) is 39.5 Å². The van der Waals surface area contributed by atoms with E-state index < -0.39 is 0 Å². The Hall–Kier alpha value is 1.18. The molecular formula is C8H13BrS2. The second-order valence-corrected chi connectivity index (χ2v) is 7.21. The molecule has 0 aromatic carbocycles. The maximum absolute atomic E-state index is 3.49. The van der Waals surface area contributed by atoms with E-state index in [4.69, 9.17) is 0 Å². The molecule has 0 radical (unpaired) electrons. The molecule has 0 aromatic heterocycles. The van der Waals surface area contributed by atoms with Gasteiger partial charge in [-0.05, 0) is 12.8 Å². The first-order valence-corrected chi connectivity index (χ1v) is 7.24. The van der Waals surface area contributed by atoms with Crippen molar-refractivity contribution in [3.8, 4) is 0 Å². The molecule has 0 spiro atoms. The third-order valence-electron chi connectivity index (χ3n) is 2.44. The van der Waals surface area contributed by atoms with Crippen LogP contribution in [0.25, 0.3) is 0 Å². The van der Waals surface area contributed by atoms with E-state index in [1.54, 1.807) is 0 Å². The molecule has 2 fully saturated rings. The van der Waals surface area contributed by atoms with E-state index in [1.807, 2.05) is 0 Å². The first-order valence-electron chi connectivity index (χ1n) is 4.25. The standard InChI is InChI=1S/C8H13BrS2/c9-5-6-10-8-4-2-1-3-7(8)11-8/h7H,1-6H2. The predicted molar refractivity (Wildman–Crippen MR) is 58.8 cm³/mol. The van der Waals surface area contributed by atoms with Gasteiger partial charge in [-0.25, -0.2) is 0 Å². The molecule has 3 heteroatoms. The molecule has 1 saturated carbocycles. The largest absolute Gasteiger partial charge is 0.142 e. The summed E-state index contributed by atoms with van der Waals surface area (Å²) in [5, 5.41) is 2.19. The SMILES string of the molecule is BrCCSC12CCCCC1S2. The smallest absolute Gasteiger partial charge is 0.0733 e. The van der Waals surface area contributed by atoms with Crippen LogP contribution in [-0.4, -0.2) is 20.4 Å². The fourth-order valence-corrected chi connectivity index (χ4v) is 5.59. The number of alkyl halides is 1. The van der Waals surface area contributed by atoms with Gasteiger partial charge in [0, 0.05) is 16.3 Å². The number of thioether (sulfide) groups is 2. The highest BCUT2D eigenvalue weighted by molar-refractivity contribution is 9.09. The summed E-state index contributed by atoms with van der Waals surface area (Å²) in [6.07, 6.45) is 5.91. The summed E-state index contributed by atoms with van der Waals surface area (Å²) in [6, 6.07) is 0. The first kappa shape index (κ1) is 8.76. The lowest BCUT2D eigenvalue weighted by atomic mass is 10.0. The molecule has 1 aliphatic carbocycles. The Morgan fingerprint density at radius 2 is 2.45 bits per heavy atom. The molecule has 0 bridgehead atoms. The van der Waals surface area contributed by atoms with Crippen molar-refractivity contribution < 1.29 is 0 Å². The zero-order chi connectivity index (χ0) is 7.73. The molecule has 1 heterocycles. The number of hydrogen-bond donors (Lipinski definition) is 0. The summed E-state index contributed by atoms with van der Waals surface area (Å²) in [7, 11) is 0. The van der Waals surface area contributed by atoms with Crippen LogP contribution >= 0.6 is 39.5 Å². The van der Waals surface area contributed by atoms with E-state index >= 15 is 0 Å². The van der Waals surface area contributed by atoms with E-state index in [0.717, 1.165) is 10.6 Å². The Kier molecular flexibility index (Phi) is 2.79. The summed E-state index contributed by atoms with van der Waals surface area (Å²) in [4.78, 5) is 0. The molecule has 1 aliphatic heterocycles. The van der Waals surface area contributed by atoms with Crippen LogP contribution < -0.4 is 0 Å². The average Bonchev–Trinajstić information content (AvgIpc) is 2.75. The van der Waals surface area contributed by atoms with Crippen molar-refractivity contribution >= 4 is 39.5 Å². The topological polar surface area (TPSA) is 0 Å². The summed E-state index contributed by atoms with van der Waals surface area (Å²) >= 11 is 7.91. The van der Waals surface area contributed by atoms with Crippen molar-refractivity contribution in [2.24, 2.45) is 0 Å². The van der Waals surface area contributed by atoms with Gasteiger partial charge in [-0.1, -0.05) is 28.8 Å². The minimum Gasteiger partial charge on any atom is -0.142 e. The quantitative estimate of drug-likeness (QED) is 0.557. The minimum absolute atomic E-state index is 0.700. The van der Waals surface area contributed by atoms with Gasteiger partial charge in [0.2, 0.25) is 0 Å². The molecule has 2 aliphatic rings. The van der Waals surface area contributed by atoms with Gasteiger partial charge in [-0.3, -0.25) is 0 Å². The zero-order valence-electron chi connectivity index (χ0n) is 6.51. The van der Waals surface area contributed by atoms with Crippen LogP contribution in [0, 0.1) is 0 Å². The van der Waals surface area contributed by atoms with E-state index in [1.165, 1.54) is 31.4 Å². The Morgan fingerprint density at radius 1 is 1.55 bits per heavy atom. The van der Waals surface area contributed by atoms with Crippen LogP contribution in [-0.2, 0) is 0 Å². The van der Waals surface area contributed by atoms with Crippen LogP contribution in [0.2, 0.25) is 0 Å². The Morgan fingerprint density at radius 3 is 3.18 bits per heavy atom. The van der Waals surface area contributed by atoms with E-state index in [-0.39, 0.29) is 0 Å². The number of hydrogen-bond acceptors (Lipinski definition) is 2. The molecule has 0 nitrogen and oxygen atoms in total. The summed E-state index contributed by atoms with van der Waals surface area (Å²) in [6.45, 7) is 0. The van der Waals surface area contributed by atoms with Crippen LogP contribution in [0.15, 0.2) is 0 Å². The van der Waals surface area contributed by atoms with Crippen molar-refractivity contribution in [2.45, 2.75) is 35.0 Å². The van der Waals surface area contributed by atoms with Gasteiger partial charge in [0.1, 0.15) is 0 Å². The van der Waals surface area contributed by atoms with E-state index in [0.29, 0.717) is 4.08 Å².